The fourth-order valence-corrected chi connectivity index (χ4v) is 7.93. The van der Waals surface area contributed by atoms with Gasteiger partial charge in [0.25, 0.3) is 0 Å². The van der Waals surface area contributed by atoms with Gasteiger partial charge in [-0.25, -0.2) is 0 Å². The van der Waals surface area contributed by atoms with Crippen molar-refractivity contribution in [2.45, 2.75) is 82.5 Å². The molecule has 240 valence electrons. The molecule has 0 heterocycles. The second-order valence-corrected chi connectivity index (χ2v) is 12.9. The number of halogens is 6. The standard InChI is InChI=1S/C35H41F6NO2/c1-5-17-43-31-15-12-23(20-29(31)34(36,37)38)42(24-13-16-32(44-18-6-2)30(21-24)35(39,40)41)22-11-14-26-25-9-7-8-10-27(25)33(3,4)28(26)19-22/h5-10,12,14-15,19,22-25,27,30,32H,1-2,11,13,16-18,20-21H2,3-4H3. The zero-order valence-corrected chi connectivity index (χ0v) is 25.2. The molecule has 2 saturated carbocycles. The molecule has 0 radical (unpaired) electrons. The van der Waals surface area contributed by atoms with E-state index in [1.165, 1.54) is 23.8 Å². The average Bonchev–Trinajstić information content (AvgIpc) is 3.21. The third-order valence-electron chi connectivity index (χ3n) is 9.95. The van der Waals surface area contributed by atoms with E-state index in [2.05, 4.69) is 51.3 Å². The quantitative estimate of drug-likeness (QED) is 0.190. The van der Waals surface area contributed by atoms with Crippen LogP contribution in [0, 0.1) is 23.2 Å². The Labute approximate surface area is 256 Å². The summed E-state index contributed by atoms with van der Waals surface area (Å²) in [5.74, 6) is -1.55. The predicted molar refractivity (Wildman–Crippen MR) is 159 cm³/mol. The number of hydrogen-bond donors (Lipinski definition) is 0. The molecule has 0 aromatic heterocycles. The highest BCUT2D eigenvalue weighted by molar-refractivity contribution is 5.52. The monoisotopic (exact) mass is 621 g/mol. The molecule has 0 bridgehead atoms. The maximum Gasteiger partial charge on any atom is 0.416 e. The summed E-state index contributed by atoms with van der Waals surface area (Å²) in [4.78, 5) is 1.93. The number of nitrogens with zero attached hydrogens (tertiary/aromatic N) is 1. The van der Waals surface area contributed by atoms with Gasteiger partial charge in [-0.15, -0.1) is 6.58 Å². The molecule has 7 atom stereocenters. The second kappa shape index (κ2) is 12.5. The van der Waals surface area contributed by atoms with Crippen LogP contribution in [0.1, 0.15) is 46.0 Å². The third-order valence-corrected chi connectivity index (χ3v) is 9.95. The summed E-state index contributed by atoms with van der Waals surface area (Å²) in [6.07, 6.45) is 8.73. The fraction of sp³-hybridized carbons (Fsp3) is 0.543. The molecule has 0 aromatic rings. The summed E-state index contributed by atoms with van der Waals surface area (Å²) in [5.41, 5.74) is 1.29. The summed E-state index contributed by atoms with van der Waals surface area (Å²) in [7, 11) is 0. The van der Waals surface area contributed by atoms with Gasteiger partial charge >= 0.3 is 12.4 Å². The van der Waals surface area contributed by atoms with Gasteiger partial charge in [0.2, 0.25) is 0 Å². The number of rotatable bonds is 9. The summed E-state index contributed by atoms with van der Waals surface area (Å²) >= 11 is 0. The lowest BCUT2D eigenvalue weighted by molar-refractivity contribution is -0.221. The number of hydrogen-bond acceptors (Lipinski definition) is 3. The van der Waals surface area contributed by atoms with E-state index in [0.29, 0.717) is 12.8 Å². The van der Waals surface area contributed by atoms with Crippen LogP contribution in [0.25, 0.3) is 0 Å². The zero-order valence-electron chi connectivity index (χ0n) is 25.2. The zero-order chi connectivity index (χ0) is 31.9. The van der Waals surface area contributed by atoms with E-state index in [-0.39, 0.29) is 55.1 Å². The van der Waals surface area contributed by atoms with Crippen molar-refractivity contribution in [2.24, 2.45) is 23.2 Å². The van der Waals surface area contributed by atoms with E-state index < -0.39 is 48.5 Å². The Bertz CT molecular complexity index is 1300. The molecule has 0 saturated heterocycles. The van der Waals surface area contributed by atoms with Crippen molar-refractivity contribution < 1.29 is 35.8 Å². The van der Waals surface area contributed by atoms with Gasteiger partial charge in [-0.3, -0.25) is 4.90 Å². The number of fused-ring (bicyclic) bond motifs is 3. The lowest BCUT2D eigenvalue weighted by Gasteiger charge is -2.48. The molecular weight excluding hydrogens is 580 g/mol. The van der Waals surface area contributed by atoms with Crippen molar-refractivity contribution in [3.8, 4) is 0 Å². The van der Waals surface area contributed by atoms with Crippen LogP contribution in [0.4, 0.5) is 26.3 Å². The van der Waals surface area contributed by atoms with E-state index in [4.69, 9.17) is 9.47 Å². The van der Waals surface area contributed by atoms with Crippen molar-refractivity contribution in [1.82, 2.24) is 4.90 Å². The van der Waals surface area contributed by atoms with E-state index in [0.717, 1.165) is 5.57 Å². The van der Waals surface area contributed by atoms with E-state index in [9.17, 15) is 26.3 Å². The molecule has 5 aliphatic carbocycles. The van der Waals surface area contributed by atoms with Gasteiger partial charge in [-0.2, -0.15) is 26.3 Å². The van der Waals surface area contributed by atoms with Crippen LogP contribution in [0.3, 0.4) is 0 Å². The molecule has 0 aromatic carbocycles. The Balaban J connectivity index is 1.52. The summed E-state index contributed by atoms with van der Waals surface area (Å²) in [6, 6.07) is -1.74. The minimum atomic E-state index is -4.66. The van der Waals surface area contributed by atoms with Gasteiger partial charge in [-0.05, 0) is 54.2 Å². The number of alkyl halides is 6. The Morgan fingerprint density at radius 1 is 0.977 bits per heavy atom. The Morgan fingerprint density at radius 3 is 2.39 bits per heavy atom. The largest absolute Gasteiger partial charge is 0.489 e. The maximum atomic E-state index is 14.4. The van der Waals surface area contributed by atoms with Crippen molar-refractivity contribution in [3.05, 3.63) is 96.4 Å². The van der Waals surface area contributed by atoms with Gasteiger partial charge in [0.15, 0.2) is 0 Å². The SMILES string of the molecule is C=CCOC1=C(C(F)(F)F)CC(N(C2C=C3C(=CC2)C2C=CC=CC2C3(C)C)C2CCC(OCC=C)C(C(F)(F)F)C2)C=C1. The second-order valence-electron chi connectivity index (χ2n) is 12.9. The van der Waals surface area contributed by atoms with Crippen LogP contribution < -0.4 is 0 Å². The van der Waals surface area contributed by atoms with Gasteiger partial charge in [0.05, 0.1) is 24.2 Å². The van der Waals surface area contributed by atoms with Crippen molar-refractivity contribution >= 4 is 0 Å². The Hall–Kier alpha value is -2.78. The first-order valence-corrected chi connectivity index (χ1v) is 15.3. The average molecular weight is 622 g/mol. The maximum absolute atomic E-state index is 14.4. The van der Waals surface area contributed by atoms with Crippen LogP contribution in [0.5, 0.6) is 0 Å². The molecule has 5 rings (SSSR count). The lowest BCUT2D eigenvalue weighted by atomic mass is 9.74. The molecule has 0 spiro atoms. The van der Waals surface area contributed by atoms with Crippen LogP contribution in [0.15, 0.2) is 96.4 Å². The van der Waals surface area contributed by atoms with Crippen LogP contribution >= 0.6 is 0 Å². The van der Waals surface area contributed by atoms with Gasteiger partial charge in [-0.1, -0.05) is 75.1 Å². The Morgan fingerprint density at radius 2 is 1.70 bits per heavy atom. The minimum Gasteiger partial charge on any atom is -0.489 e. The molecule has 0 amide bonds. The highest BCUT2D eigenvalue weighted by atomic mass is 19.4. The highest BCUT2D eigenvalue weighted by Gasteiger charge is 2.53. The smallest absolute Gasteiger partial charge is 0.416 e. The molecule has 44 heavy (non-hydrogen) atoms. The summed E-state index contributed by atoms with van der Waals surface area (Å²) in [6.45, 7) is 11.3. The molecule has 2 fully saturated rings. The van der Waals surface area contributed by atoms with Crippen molar-refractivity contribution in [3.63, 3.8) is 0 Å². The summed E-state index contributed by atoms with van der Waals surface area (Å²) in [5, 5.41) is 0. The number of ether oxygens (including phenoxy) is 2. The Kier molecular flexibility index (Phi) is 9.30. The first-order chi connectivity index (χ1) is 20.8. The van der Waals surface area contributed by atoms with E-state index >= 15 is 0 Å². The minimum absolute atomic E-state index is 0.00676. The summed E-state index contributed by atoms with van der Waals surface area (Å²) < 4.78 is 97.2. The normalized spacial score (nSPS) is 33.1. The first-order valence-electron chi connectivity index (χ1n) is 15.3. The van der Waals surface area contributed by atoms with Gasteiger partial charge in [0.1, 0.15) is 12.4 Å². The third kappa shape index (κ3) is 6.32. The first kappa shape index (κ1) is 32.6. The topological polar surface area (TPSA) is 21.7 Å². The molecule has 0 N–H and O–H groups in total. The fourth-order valence-electron chi connectivity index (χ4n) is 7.93. The lowest BCUT2D eigenvalue weighted by Crippen LogP contribution is -2.54. The van der Waals surface area contributed by atoms with Crippen LogP contribution in [-0.2, 0) is 9.47 Å². The molecule has 9 heteroatoms. The van der Waals surface area contributed by atoms with E-state index in [1.54, 1.807) is 6.08 Å². The van der Waals surface area contributed by atoms with Gasteiger partial charge < -0.3 is 9.47 Å². The van der Waals surface area contributed by atoms with Crippen molar-refractivity contribution in [1.29, 1.82) is 0 Å². The molecule has 7 unspecified atom stereocenters. The van der Waals surface area contributed by atoms with Crippen LogP contribution in [0.2, 0.25) is 0 Å². The predicted octanol–water partition coefficient (Wildman–Crippen LogP) is 8.96. The van der Waals surface area contributed by atoms with Crippen LogP contribution in [-0.4, -0.2) is 54.7 Å². The van der Waals surface area contributed by atoms with Crippen molar-refractivity contribution in [2.75, 3.05) is 13.2 Å². The van der Waals surface area contributed by atoms with E-state index in [1.807, 2.05) is 17.1 Å². The van der Waals surface area contributed by atoms with Gasteiger partial charge in [0, 0.05) is 30.5 Å². The molecule has 3 nitrogen and oxygen atoms in total. The highest BCUT2D eigenvalue weighted by Crippen LogP contribution is 2.57. The number of allylic oxidation sites excluding steroid dienone is 7. The molecule has 0 aliphatic heterocycles. The molecule has 5 aliphatic rings. The molecular formula is C35H41F6NO2.